The lowest BCUT2D eigenvalue weighted by Crippen LogP contribution is -2.48. The van der Waals surface area contributed by atoms with Gasteiger partial charge in [-0.1, -0.05) is 6.92 Å². The SMILES string of the molecule is CCNC1CCCN(S(=O)(=O)CCc2ccncc2)C1. The first-order valence-electron chi connectivity index (χ1n) is 7.22. The summed E-state index contributed by atoms with van der Waals surface area (Å²) >= 11 is 0. The van der Waals surface area contributed by atoms with Gasteiger partial charge in [0, 0.05) is 31.5 Å². The Bertz CT molecular complexity index is 502. The van der Waals surface area contributed by atoms with Crippen molar-refractivity contribution in [2.75, 3.05) is 25.4 Å². The van der Waals surface area contributed by atoms with E-state index in [1.807, 2.05) is 12.1 Å². The van der Waals surface area contributed by atoms with Gasteiger partial charge in [-0.05, 0) is 43.5 Å². The molecule has 1 aromatic heterocycles. The van der Waals surface area contributed by atoms with Crippen LogP contribution in [0.4, 0.5) is 0 Å². The first-order valence-corrected chi connectivity index (χ1v) is 8.83. The zero-order chi connectivity index (χ0) is 14.4. The molecular formula is C14H23N3O2S. The minimum atomic E-state index is -3.16. The molecule has 1 unspecified atom stereocenters. The molecule has 1 fully saturated rings. The van der Waals surface area contributed by atoms with E-state index in [-0.39, 0.29) is 5.75 Å². The Morgan fingerprint density at radius 2 is 2.15 bits per heavy atom. The van der Waals surface area contributed by atoms with Crippen LogP contribution in [0.2, 0.25) is 0 Å². The van der Waals surface area contributed by atoms with Gasteiger partial charge in [0.1, 0.15) is 0 Å². The third kappa shape index (κ3) is 4.26. The standard InChI is InChI=1S/C14H23N3O2S/c1-2-16-14-4-3-10-17(12-14)20(18,19)11-7-13-5-8-15-9-6-13/h5-6,8-9,14,16H,2-4,7,10-12H2,1H3. The van der Waals surface area contributed by atoms with E-state index in [4.69, 9.17) is 0 Å². The van der Waals surface area contributed by atoms with Gasteiger partial charge in [0.15, 0.2) is 0 Å². The van der Waals surface area contributed by atoms with Crippen molar-refractivity contribution >= 4 is 10.0 Å². The summed E-state index contributed by atoms with van der Waals surface area (Å²) in [5.74, 6) is 0.176. The molecule has 1 aromatic rings. The Labute approximate surface area is 121 Å². The van der Waals surface area contributed by atoms with Gasteiger partial charge in [-0.2, -0.15) is 0 Å². The van der Waals surface area contributed by atoms with Crippen molar-refractivity contribution in [2.24, 2.45) is 0 Å². The van der Waals surface area contributed by atoms with Crippen LogP contribution >= 0.6 is 0 Å². The summed E-state index contributed by atoms with van der Waals surface area (Å²) in [6, 6.07) is 4.03. The zero-order valence-electron chi connectivity index (χ0n) is 12.0. The lowest BCUT2D eigenvalue weighted by atomic mass is 10.1. The highest BCUT2D eigenvalue weighted by atomic mass is 32.2. The summed E-state index contributed by atoms with van der Waals surface area (Å²) in [7, 11) is -3.16. The van der Waals surface area contributed by atoms with Crippen LogP contribution < -0.4 is 5.32 Å². The molecule has 0 amide bonds. The van der Waals surface area contributed by atoms with Gasteiger partial charge < -0.3 is 5.32 Å². The van der Waals surface area contributed by atoms with Crippen LogP contribution in [-0.2, 0) is 16.4 Å². The molecule has 1 aliphatic heterocycles. The van der Waals surface area contributed by atoms with E-state index in [2.05, 4.69) is 17.2 Å². The van der Waals surface area contributed by atoms with E-state index in [0.717, 1.165) is 24.9 Å². The maximum atomic E-state index is 12.4. The second kappa shape index (κ2) is 7.15. The Hall–Kier alpha value is -0.980. The van der Waals surface area contributed by atoms with Crippen molar-refractivity contribution in [1.29, 1.82) is 0 Å². The first-order chi connectivity index (χ1) is 9.62. The number of sulfonamides is 1. The predicted octanol–water partition coefficient (Wildman–Crippen LogP) is 1.03. The van der Waals surface area contributed by atoms with Crippen molar-refractivity contribution < 1.29 is 8.42 Å². The molecule has 1 N–H and O–H groups in total. The summed E-state index contributed by atoms with van der Waals surface area (Å²) in [5, 5.41) is 3.35. The molecule has 1 saturated heterocycles. The molecule has 0 radical (unpaired) electrons. The van der Waals surface area contributed by atoms with Gasteiger partial charge in [0.05, 0.1) is 5.75 Å². The van der Waals surface area contributed by atoms with Crippen molar-refractivity contribution in [2.45, 2.75) is 32.2 Å². The number of nitrogens with one attached hydrogen (secondary N) is 1. The topological polar surface area (TPSA) is 62.3 Å². The van der Waals surface area contributed by atoms with Gasteiger partial charge >= 0.3 is 0 Å². The molecule has 5 nitrogen and oxygen atoms in total. The fraction of sp³-hybridized carbons (Fsp3) is 0.643. The number of likely N-dealkylation sites (N-methyl/N-ethyl adjacent to an activating group) is 1. The van der Waals surface area contributed by atoms with Gasteiger partial charge in [0.25, 0.3) is 0 Å². The average molecular weight is 297 g/mol. The minimum Gasteiger partial charge on any atom is -0.313 e. The Morgan fingerprint density at radius 3 is 2.85 bits per heavy atom. The monoisotopic (exact) mass is 297 g/mol. The number of rotatable bonds is 6. The summed E-state index contributed by atoms with van der Waals surface area (Å²) in [5.41, 5.74) is 1.02. The van der Waals surface area contributed by atoms with Crippen molar-refractivity contribution in [1.82, 2.24) is 14.6 Å². The molecule has 2 heterocycles. The van der Waals surface area contributed by atoms with Crippen LogP contribution in [0, 0.1) is 0 Å². The summed E-state index contributed by atoms with van der Waals surface area (Å²) < 4.78 is 26.4. The number of hydrogen-bond acceptors (Lipinski definition) is 4. The van der Waals surface area contributed by atoms with Crippen molar-refractivity contribution in [3.63, 3.8) is 0 Å². The lowest BCUT2D eigenvalue weighted by molar-refractivity contribution is 0.286. The molecule has 1 aliphatic rings. The van der Waals surface area contributed by atoms with E-state index in [1.54, 1.807) is 16.7 Å². The van der Waals surface area contributed by atoms with Crippen LogP contribution in [0.3, 0.4) is 0 Å². The summed E-state index contributed by atoms with van der Waals surface area (Å²) in [4.78, 5) is 3.94. The highest BCUT2D eigenvalue weighted by Crippen LogP contribution is 2.15. The van der Waals surface area contributed by atoms with Crippen molar-refractivity contribution in [3.05, 3.63) is 30.1 Å². The maximum Gasteiger partial charge on any atom is 0.214 e. The molecule has 2 rings (SSSR count). The van der Waals surface area contributed by atoms with Gasteiger partial charge in [-0.15, -0.1) is 0 Å². The largest absolute Gasteiger partial charge is 0.313 e. The number of hydrogen-bond donors (Lipinski definition) is 1. The van der Waals surface area contributed by atoms with E-state index in [0.29, 0.717) is 25.6 Å². The van der Waals surface area contributed by atoms with Crippen LogP contribution in [0.1, 0.15) is 25.3 Å². The Balaban J connectivity index is 1.92. The highest BCUT2D eigenvalue weighted by Gasteiger charge is 2.28. The minimum absolute atomic E-state index is 0.176. The molecular weight excluding hydrogens is 274 g/mol. The second-order valence-electron chi connectivity index (χ2n) is 5.18. The van der Waals surface area contributed by atoms with Crippen LogP contribution in [0.15, 0.2) is 24.5 Å². The van der Waals surface area contributed by atoms with Gasteiger partial charge in [0.2, 0.25) is 10.0 Å². The fourth-order valence-electron chi connectivity index (χ4n) is 2.58. The number of aromatic nitrogens is 1. The number of aryl methyl sites for hydroxylation is 1. The highest BCUT2D eigenvalue weighted by molar-refractivity contribution is 7.89. The van der Waals surface area contributed by atoms with Crippen LogP contribution in [0.5, 0.6) is 0 Å². The number of piperidine rings is 1. The molecule has 0 bridgehead atoms. The average Bonchev–Trinajstić information content (AvgIpc) is 2.47. The quantitative estimate of drug-likeness (QED) is 0.852. The Morgan fingerprint density at radius 1 is 1.40 bits per heavy atom. The van der Waals surface area contributed by atoms with Gasteiger partial charge in [-0.25, -0.2) is 12.7 Å². The van der Waals surface area contributed by atoms with Crippen LogP contribution in [-0.4, -0.2) is 49.1 Å². The van der Waals surface area contributed by atoms with E-state index < -0.39 is 10.0 Å². The summed E-state index contributed by atoms with van der Waals surface area (Å²) in [6.07, 6.45) is 5.94. The smallest absolute Gasteiger partial charge is 0.214 e. The zero-order valence-corrected chi connectivity index (χ0v) is 12.8. The molecule has 112 valence electrons. The lowest BCUT2D eigenvalue weighted by Gasteiger charge is -2.32. The van der Waals surface area contributed by atoms with E-state index in [1.165, 1.54) is 0 Å². The molecule has 6 heteroatoms. The third-order valence-corrected chi connectivity index (χ3v) is 5.51. The molecule has 0 spiro atoms. The van der Waals surface area contributed by atoms with E-state index >= 15 is 0 Å². The molecule has 0 saturated carbocycles. The normalized spacial score (nSPS) is 20.9. The summed E-state index contributed by atoms with van der Waals surface area (Å²) in [6.45, 7) is 4.19. The van der Waals surface area contributed by atoms with Gasteiger partial charge in [-0.3, -0.25) is 4.98 Å². The molecule has 0 aliphatic carbocycles. The molecule has 1 atom stereocenters. The molecule has 20 heavy (non-hydrogen) atoms. The maximum absolute atomic E-state index is 12.4. The second-order valence-corrected chi connectivity index (χ2v) is 7.26. The number of nitrogens with zero attached hydrogens (tertiary/aromatic N) is 2. The van der Waals surface area contributed by atoms with Crippen molar-refractivity contribution in [3.8, 4) is 0 Å². The Kier molecular flexibility index (Phi) is 5.51. The van der Waals surface area contributed by atoms with E-state index in [9.17, 15) is 8.42 Å². The predicted molar refractivity (Wildman–Crippen MR) is 80.0 cm³/mol. The number of pyridine rings is 1. The third-order valence-electron chi connectivity index (χ3n) is 3.67. The fourth-order valence-corrected chi connectivity index (χ4v) is 4.14. The molecule has 0 aromatic carbocycles. The first kappa shape index (κ1) is 15.4. The van der Waals surface area contributed by atoms with Crippen LogP contribution in [0.25, 0.3) is 0 Å².